The van der Waals surface area contributed by atoms with Gasteiger partial charge in [-0.2, -0.15) is 8.78 Å². The summed E-state index contributed by atoms with van der Waals surface area (Å²) in [5, 5.41) is 0. The summed E-state index contributed by atoms with van der Waals surface area (Å²) in [7, 11) is 4.45. The molecule has 0 aliphatic rings. The van der Waals surface area contributed by atoms with Gasteiger partial charge in [-0.25, -0.2) is 0 Å². The number of halogens is 2. The predicted octanol–water partition coefficient (Wildman–Crippen LogP) is 4.35. The largest absolute Gasteiger partial charge is 0.496 e. The molecule has 0 spiro atoms. The van der Waals surface area contributed by atoms with Gasteiger partial charge in [0.2, 0.25) is 0 Å². The van der Waals surface area contributed by atoms with Gasteiger partial charge >= 0.3 is 6.61 Å². The fraction of sp³-hybridized carbons (Fsp3) is 0.250. The highest BCUT2D eigenvalue weighted by molar-refractivity contribution is 6.07. The van der Waals surface area contributed by atoms with Crippen LogP contribution < -0.4 is 14.2 Å². The summed E-state index contributed by atoms with van der Waals surface area (Å²) >= 11 is 0. The van der Waals surface area contributed by atoms with Gasteiger partial charge < -0.3 is 18.9 Å². The summed E-state index contributed by atoms with van der Waals surface area (Å²) in [6.07, 6.45) is 2.87. The Hall–Kier alpha value is -2.93. The van der Waals surface area contributed by atoms with Gasteiger partial charge in [0.05, 0.1) is 20.8 Å². The highest BCUT2D eigenvalue weighted by Crippen LogP contribution is 2.30. The standard InChI is InChI=1S/C20H20F2O5/c1-24-12-15-11-14(6-9-17(15)25-2)16(23)7-4-13-5-8-18(26-3)19(10-13)27-20(21)22/h4-11,20H,12H2,1-3H3/b7-4+. The lowest BCUT2D eigenvalue weighted by atomic mass is 10.1. The average molecular weight is 378 g/mol. The quantitative estimate of drug-likeness (QED) is 0.480. The molecule has 0 aliphatic carbocycles. The van der Waals surface area contributed by atoms with Crippen LogP contribution in [0.1, 0.15) is 21.5 Å². The van der Waals surface area contributed by atoms with Crippen LogP contribution in [-0.2, 0) is 11.3 Å². The number of allylic oxidation sites excluding steroid dienone is 1. The molecule has 2 aromatic rings. The molecule has 0 heterocycles. The molecule has 0 radical (unpaired) electrons. The molecule has 0 bridgehead atoms. The number of ether oxygens (including phenoxy) is 4. The van der Waals surface area contributed by atoms with Crippen LogP contribution in [0.3, 0.4) is 0 Å². The Morgan fingerprint density at radius 3 is 2.33 bits per heavy atom. The molecule has 0 aliphatic heterocycles. The van der Waals surface area contributed by atoms with Crippen molar-refractivity contribution in [3.63, 3.8) is 0 Å². The normalized spacial score (nSPS) is 11.0. The van der Waals surface area contributed by atoms with Crippen LogP contribution in [0.4, 0.5) is 8.78 Å². The lowest BCUT2D eigenvalue weighted by Gasteiger charge is -2.10. The number of methoxy groups -OCH3 is 3. The second-order valence-electron chi connectivity index (χ2n) is 5.45. The Balaban J connectivity index is 2.22. The van der Waals surface area contributed by atoms with Crippen LogP contribution in [0.25, 0.3) is 6.08 Å². The molecule has 7 heteroatoms. The fourth-order valence-corrected chi connectivity index (χ4v) is 2.45. The van der Waals surface area contributed by atoms with Gasteiger partial charge in [0, 0.05) is 18.2 Å². The van der Waals surface area contributed by atoms with E-state index in [4.69, 9.17) is 14.2 Å². The summed E-state index contributed by atoms with van der Waals surface area (Å²) in [6.45, 7) is -2.67. The van der Waals surface area contributed by atoms with Crippen molar-refractivity contribution in [3.05, 3.63) is 59.2 Å². The maximum Gasteiger partial charge on any atom is 0.387 e. The molecule has 0 unspecified atom stereocenters. The number of hydrogen-bond acceptors (Lipinski definition) is 5. The van der Waals surface area contributed by atoms with Crippen molar-refractivity contribution in [3.8, 4) is 17.2 Å². The van der Waals surface area contributed by atoms with E-state index in [1.807, 2.05) is 0 Å². The van der Waals surface area contributed by atoms with Crippen molar-refractivity contribution >= 4 is 11.9 Å². The first-order chi connectivity index (χ1) is 13.0. The number of alkyl halides is 2. The summed E-state index contributed by atoms with van der Waals surface area (Å²) in [5.41, 5.74) is 1.72. The minimum Gasteiger partial charge on any atom is -0.496 e. The first-order valence-electron chi connectivity index (χ1n) is 7.99. The van der Waals surface area contributed by atoms with E-state index in [9.17, 15) is 13.6 Å². The maximum absolute atomic E-state index is 12.5. The van der Waals surface area contributed by atoms with Gasteiger partial charge in [-0.15, -0.1) is 0 Å². The Bertz CT molecular complexity index is 818. The SMILES string of the molecule is COCc1cc(C(=O)/C=C/c2ccc(OC)c(OC(F)F)c2)ccc1OC. The molecule has 0 atom stereocenters. The third kappa shape index (κ3) is 5.52. The zero-order valence-corrected chi connectivity index (χ0v) is 15.2. The van der Waals surface area contributed by atoms with Crippen LogP contribution in [0, 0.1) is 0 Å². The molecule has 0 N–H and O–H groups in total. The maximum atomic E-state index is 12.5. The van der Waals surface area contributed by atoms with E-state index in [1.165, 1.54) is 31.4 Å². The summed E-state index contributed by atoms with van der Waals surface area (Å²) < 4.78 is 44.7. The molecule has 144 valence electrons. The van der Waals surface area contributed by atoms with Gasteiger partial charge in [0.15, 0.2) is 17.3 Å². The third-order valence-corrected chi connectivity index (χ3v) is 3.70. The van der Waals surface area contributed by atoms with Crippen molar-refractivity contribution in [2.75, 3.05) is 21.3 Å². The number of carbonyl (C=O) groups excluding carboxylic acids is 1. The molecule has 0 saturated heterocycles. The molecule has 0 saturated carbocycles. The molecule has 5 nitrogen and oxygen atoms in total. The number of benzene rings is 2. The first kappa shape index (κ1) is 20.4. The molecule has 2 rings (SSSR count). The van der Waals surface area contributed by atoms with Crippen molar-refractivity contribution < 1.29 is 32.5 Å². The van der Waals surface area contributed by atoms with Gasteiger partial charge in [0.1, 0.15) is 5.75 Å². The van der Waals surface area contributed by atoms with E-state index in [-0.39, 0.29) is 17.3 Å². The minimum absolute atomic E-state index is 0.103. The van der Waals surface area contributed by atoms with Crippen LogP contribution in [-0.4, -0.2) is 33.7 Å². The van der Waals surface area contributed by atoms with Crippen LogP contribution in [0.2, 0.25) is 0 Å². The Kier molecular flexibility index (Phi) is 7.31. The lowest BCUT2D eigenvalue weighted by molar-refractivity contribution is -0.0512. The minimum atomic E-state index is -2.97. The van der Waals surface area contributed by atoms with Crippen molar-refractivity contribution in [2.45, 2.75) is 13.2 Å². The van der Waals surface area contributed by atoms with Gasteiger partial charge in [-0.1, -0.05) is 12.1 Å². The van der Waals surface area contributed by atoms with Crippen LogP contribution in [0.15, 0.2) is 42.5 Å². The molecular weight excluding hydrogens is 358 g/mol. The summed E-state index contributed by atoms with van der Waals surface area (Å²) in [4.78, 5) is 12.4. The highest BCUT2D eigenvalue weighted by atomic mass is 19.3. The fourth-order valence-electron chi connectivity index (χ4n) is 2.45. The Morgan fingerprint density at radius 2 is 1.70 bits per heavy atom. The lowest BCUT2D eigenvalue weighted by Crippen LogP contribution is -2.03. The average Bonchev–Trinajstić information content (AvgIpc) is 2.66. The number of rotatable bonds is 9. The summed E-state index contributed by atoms with van der Waals surface area (Å²) in [5.74, 6) is 0.454. The van der Waals surface area contributed by atoms with E-state index in [0.29, 0.717) is 23.5 Å². The van der Waals surface area contributed by atoms with Gasteiger partial charge in [0.25, 0.3) is 0 Å². The van der Waals surface area contributed by atoms with Crippen LogP contribution in [0.5, 0.6) is 17.2 Å². The van der Waals surface area contributed by atoms with E-state index in [1.54, 1.807) is 38.5 Å². The third-order valence-electron chi connectivity index (χ3n) is 3.70. The monoisotopic (exact) mass is 378 g/mol. The molecule has 0 aromatic heterocycles. The van der Waals surface area contributed by atoms with E-state index >= 15 is 0 Å². The molecule has 27 heavy (non-hydrogen) atoms. The molecule has 0 fully saturated rings. The second kappa shape index (κ2) is 9.68. The summed E-state index contributed by atoms with van der Waals surface area (Å²) in [6, 6.07) is 9.52. The highest BCUT2D eigenvalue weighted by Gasteiger charge is 2.11. The first-order valence-corrected chi connectivity index (χ1v) is 7.99. The number of hydrogen-bond donors (Lipinski definition) is 0. The zero-order chi connectivity index (χ0) is 19.8. The second-order valence-corrected chi connectivity index (χ2v) is 5.45. The topological polar surface area (TPSA) is 54.0 Å². The van der Waals surface area contributed by atoms with E-state index in [2.05, 4.69) is 4.74 Å². The molecule has 0 amide bonds. The van der Waals surface area contributed by atoms with E-state index in [0.717, 1.165) is 5.56 Å². The van der Waals surface area contributed by atoms with E-state index < -0.39 is 6.61 Å². The number of ketones is 1. The Labute approximate surface area is 156 Å². The Morgan fingerprint density at radius 1 is 1.00 bits per heavy atom. The number of carbonyl (C=O) groups is 1. The van der Waals surface area contributed by atoms with Crippen molar-refractivity contribution in [2.24, 2.45) is 0 Å². The molecular formula is C20H20F2O5. The van der Waals surface area contributed by atoms with Crippen molar-refractivity contribution in [1.29, 1.82) is 0 Å². The van der Waals surface area contributed by atoms with Crippen molar-refractivity contribution in [1.82, 2.24) is 0 Å². The smallest absolute Gasteiger partial charge is 0.387 e. The molecule has 2 aromatic carbocycles. The van der Waals surface area contributed by atoms with Crippen LogP contribution >= 0.6 is 0 Å². The zero-order valence-electron chi connectivity index (χ0n) is 15.2. The van der Waals surface area contributed by atoms with Gasteiger partial charge in [-0.05, 0) is 42.0 Å². The predicted molar refractivity (Wildman–Crippen MR) is 96.7 cm³/mol. The van der Waals surface area contributed by atoms with Gasteiger partial charge in [-0.3, -0.25) is 4.79 Å².